The third-order valence-corrected chi connectivity index (χ3v) is 13.5. The van der Waals surface area contributed by atoms with Gasteiger partial charge < -0.3 is 9.16 Å². The minimum Gasteiger partial charge on any atom is -0.417 e. The lowest BCUT2D eigenvalue weighted by atomic mass is 9.67. The molecular formula is C27H33N3O4Si. The zero-order valence-electron chi connectivity index (χ0n) is 21.3. The Morgan fingerprint density at radius 2 is 1.91 bits per heavy atom. The number of hydrogen-bond donors (Lipinski definition) is 0. The number of rotatable bonds is 5. The predicted octanol–water partition coefficient (Wildman–Crippen LogP) is 4.95. The summed E-state index contributed by atoms with van der Waals surface area (Å²) in [6.45, 7) is 13.6. The number of anilines is 1. The Kier molecular flexibility index (Phi) is 5.30. The molecule has 3 fully saturated rings. The van der Waals surface area contributed by atoms with Crippen molar-refractivity contribution in [2.75, 3.05) is 11.5 Å². The molecule has 3 aliphatic heterocycles. The van der Waals surface area contributed by atoms with Crippen LogP contribution in [0.25, 0.3) is 10.9 Å². The van der Waals surface area contributed by atoms with E-state index in [4.69, 9.17) is 9.16 Å². The topological polar surface area (TPSA) is 92.5 Å². The number of benzene rings is 1. The Morgan fingerprint density at radius 1 is 1.20 bits per heavy atom. The highest BCUT2D eigenvalue weighted by molar-refractivity contribution is 6.74. The Morgan fingerprint density at radius 3 is 2.60 bits per heavy atom. The fourth-order valence-electron chi connectivity index (χ4n) is 5.99. The predicted molar refractivity (Wildman–Crippen MR) is 135 cm³/mol. The normalized spacial score (nSPS) is 30.3. The second-order valence-corrected chi connectivity index (χ2v) is 16.8. The minimum absolute atomic E-state index is 0.0918. The van der Waals surface area contributed by atoms with E-state index in [-0.39, 0.29) is 16.9 Å². The molecule has 1 aromatic heterocycles. The zero-order valence-corrected chi connectivity index (χ0v) is 22.3. The number of hydrogen-bond acceptors (Lipinski definition) is 6. The number of aromatic nitrogens is 1. The Balaban J connectivity index is 1.49. The molecule has 2 unspecified atom stereocenters. The third-order valence-electron chi connectivity index (χ3n) is 8.91. The number of carbonyl (C=O) groups excluding carboxylic acids is 2. The highest BCUT2D eigenvalue weighted by atomic mass is 28.4. The van der Waals surface area contributed by atoms with Crippen LogP contribution >= 0.6 is 0 Å². The minimum atomic E-state index is -1.95. The zero-order chi connectivity index (χ0) is 25.4. The monoisotopic (exact) mass is 491 g/mol. The molecule has 2 bridgehead atoms. The standard InChI is InChI=1S/C27H33N3O4Si/c1-25(2,3)35(5,6)33-15-13-27-12-11-26(4,34-27)20-21(27)24(32)30(23(20)31)19-10-9-17(16-28)22-18(19)8-7-14-29-22/h7-10,14,20-21H,11-13,15H2,1-6H3/t20-,21+,26?,27?/m1/s1. The lowest BCUT2D eigenvalue weighted by molar-refractivity contribution is -0.131. The van der Waals surface area contributed by atoms with Crippen LogP contribution in [0.15, 0.2) is 30.5 Å². The molecule has 1 aromatic carbocycles. The first-order valence-electron chi connectivity index (χ1n) is 12.4. The summed E-state index contributed by atoms with van der Waals surface area (Å²) >= 11 is 0. The molecule has 35 heavy (non-hydrogen) atoms. The van der Waals surface area contributed by atoms with Crippen molar-refractivity contribution in [3.8, 4) is 6.07 Å². The van der Waals surface area contributed by atoms with Crippen molar-refractivity contribution in [2.24, 2.45) is 11.8 Å². The average Bonchev–Trinajstić information content (AvgIpc) is 3.37. The van der Waals surface area contributed by atoms with Gasteiger partial charge in [0.2, 0.25) is 11.8 Å². The summed E-state index contributed by atoms with van der Waals surface area (Å²) in [6.07, 6.45) is 3.70. The van der Waals surface area contributed by atoms with E-state index in [1.165, 1.54) is 4.90 Å². The number of imide groups is 1. The van der Waals surface area contributed by atoms with Crippen molar-refractivity contribution < 1.29 is 18.8 Å². The van der Waals surface area contributed by atoms with Crippen LogP contribution in [-0.2, 0) is 18.8 Å². The van der Waals surface area contributed by atoms with Crippen LogP contribution in [0, 0.1) is 23.2 Å². The summed E-state index contributed by atoms with van der Waals surface area (Å²) in [5, 5.41) is 10.2. The molecule has 3 aliphatic rings. The van der Waals surface area contributed by atoms with E-state index < -0.39 is 31.4 Å². The fourth-order valence-corrected chi connectivity index (χ4v) is 7.03. The third kappa shape index (κ3) is 3.40. The van der Waals surface area contributed by atoms with Gasteiger partial charge in [0.25, 0.3) is 0 Å². The van der Waals surface area contributed by atoms with Crippen LogP contribution in [0.4, 0.5) is 5.69 Å². The van der Waals surface area contributed by atoms with E-state index in [1.807, 2.05) is 13.0 Å². The van der Waals surface area contributed by atoms with Gasteiger partial charge in [0.15, 0.2) is 8.32 Å². The van der Waals surface area contributed by atoms with Gasteiger partial charge in [-0.25, -0.2) is 4.90 Å². The molecule has 0 spiro atoms. The lowest BCUT2D eigenvalue weighted by Gasteiger charge is -2.38. The second-order valence-electron chi connectivity index (χ2n) is 11.9. The molecule has 4 atom stereocenters. The van der Waals surface area contributed by atoms with Crippen molar-refractivity contribution >= 4 is 36.7 Å². The Bertz CT molecular complexity index is 1280. The van der Waals surface area contributed by atoms with Crippen LogP contribution in [0.3, 0.4) is 0 Å². The molecule has 7 nitrogen and oxygen atoms in total. The van der Waals surface area contributed by atoms with Crippen LogP contribution in [0.5, 0.6) is 0 Å². The first-order valence-corrected chi connectivity index (χ1v) is 15.3. The van der Waals surface area contributed by atoms with Crippen LogP contribution < -0.4 is 4.90 Å². The van der Waals surface area contributed by atoms with Gasteiger partial charge in [-0.3, -0.25) is 14.6 Å². The maximum absolute atomic E-state index is 14.0. The number of nitriles is 1. The molecule has 0 aliphatic carbocycles. The molecular weight excluding hydrogens is 458 g/mol. The summed E-state index contributed by atoms with van der Waals surface area (Å²) in [7, 11) is -1.95. The van der Waals surface area contributed by atoms with E-state index in [1.54, 1.807) is 24.4 Å². The smallest absolute Gasteiger partial charge is 0.240 e. The van der Waals surface area contributed by atoms with Crippen molar-refractivity contribution in [1.82, 2.24) is 4.98 Å². The summed E-state index contributed by atoms with van der Waals surface area (Å²) in [4.78, 5) is 33.5. The van der Waals surface area contributed by atoms with Gasteiger partial charge in [-0.05, 0) is 68.6 Å². The fraction of sp³-hybridized carbons (Fsp3) is 0.556. The van der Waals surface area contributed by atoms with Gasteiger partial charge in [-0.15, -0.1) is 0 Å². The number of fused-ring (bicyclic) bond motifs is 6. The van der Waals surface area contributed by atoms with Crippen LogP contribution in [0.1, 0.15) is 52.5 Å². The van der Waals surface area contributed by atoms with Crippen LogP contribution in [-0.4, -0.2) is 42.9 Å². The first-order chi connectivity index (χ1) is 16.4. The second kappa shape index (κ2) is 7.70. The summed E-state index contributed by atoms with van der Waals surface area (Å²) < 4.78 is 13.0. The lowest BCUT2D eigenvalue weighted by Crippen LogP contribution is -2.45. The number of amides is 2. The van der Waals surface area contributed by atoms with E-state index >= 15 is 0 Å². The quantitative estimate of drug-likeness (QED) is 0.434. The highest BCUT2D eigenvalue weighted by Gasteiger charge is 2.73. The summed E-state index contributed by atoms with van der Waals surface area (Å²) in [5.74, 6) is -1.48. The maximum atomic E-state index is 14.0. The average molecular weight is 492 g/mol. The van der Waals surface area contributed by atoms with E-state index in [0.29, 0.717) is 35.2 Å². The molecule has 2 amide bonds. The SMILES string of the molecule is CC12CCC(CCO[Si](C)(C)C(C)(C)C)(O1)[C@@H]1C(=O)N(c3ccc(C#N)c4ncccc34)C(=O)[C@@H]12. The molecule has 0 saturated carbocycles. The molecule has 4 heterocycles. The maximum Gasteiger partial charge on any atom is 0.240 e. The first kappa shape index (κ1) is 24.1. The highest BCUT2D eigenvalue weighted by Crippen LogP contribution is 2.62. The van der Waals surface area contributed by atoms with Crippen LogP contribution in [0.2, 0.25) is 18.1 Å². The number of carbonyl (C=O) groups is 2. The van der Waals surface area contributed by atoms with Crippen molar-refractivity contribution in [3.63, 3.8) is 0 Å². The Hall–Kier alpha value is -2.60. The van der Waals surface area contributed by atoms with Gasteiger partial charge in [-0.1, -0.05) is 20.8 Å². The van der Waals surface area contributed by atoms with Gasteiger partial charge in [-0.2, -0.15) is 5.26 Å². The summed E-state index contributed by atoms with van der Waals surface area (Å²) in [6, 6.07) is 9.04. The van der Waals surface area contributed by atoms with E-state index in [9.17, 15) is 14.9 Å². The van der Waals surface area contributed by atoms with Gasteiger partial charge in [0.05, 0.1) is 39.8 Å². The van der Waals surface area contributed by atoms with Crippen molar-refractivity contribution in [2.45, 2.75) is 76.3 Å². The molecule has 184 valence electrons. The number of pyridine rings is 1. The number of nitrogens with zero attached hydrogens (tertiary/aromatic N) is 3. The molecule has 3 saturated heterocycles. The van der Waals surface area contributed by atoms with Gasteiger partial charge in [0.1, 0.15) is 6.07 Å². The molecule has 0 N–H and O–H groups in total. The van der Waals surface area contributed by atoms with E-state index in [2.05, 4.69) is 44.9 Å². The van der Waals surface area contributed by atoms with Gasteiger partial charge >= 0.3 is 0 Å². The molecule has 8 heteroatoms. The largest absolute Gasteiger partial charge is 0.417 e. The van der Waals surface area contributed by atoms with E-state index in [0.717, 1.165) is 12.8 Å². The molecule has 5 rings (SSSR count). The van der Waals surface area contributed by atoms with Gasteiger partial charge in [0, 0.05) is 18.2 Å². The summed E-state index contributed by atoms with van der Waals surface area (Å²) in [5.41, 5.74) is 0.0479. The Labute approximate surface area is 207 Å². The van der Waals surface area contributed by atoms with Crippen molar-refractivity contribution in [3.05, 3.63) is 36.0 Å². The number of ether oxygens (including phenoxy) is 1. The van der Waals surface area contributed by atoms with Crippen molar-refractivity contribution in [1.29, 1.82) is 5.26 Å². The molecule has 0 radical (unpaired) electrons. The molecule has 2 aromatic rings.